The van der Waals surface area contributed by atoms with Gasteiger partial charge in [0, 0.05) is 55.2 Å². The maximum atomic E-state index is 13.9. The first-order valence-corrected chi connectivity index (χ1v) is 12.0. The van der Waals surface area contributed by atoms with Crippen molar-refractivity contribution >= 4 is 17.5 Å². The number of amides is 2. The molecule has 8 nitrogen and oxygen atoms in total. The Morgan fingerprint density at radius 1 is 1.24 bits per heavy atom. The van der Waals surface area contributed by atoms with Gasteiger partial charge in [0.1, 0.15) is 5.82 Å². The minimum Gasteiger partial charge on any atom is -0.389 e. The van der Waals surface area contributed by atoms with Gasteiger partial charge in [0.2, 0.25) is 5.91 Å². The molecule has 0 fully saturated rings. The van der Waals surface area contributed by atoms with E-state index in [-0.39, 0.29) is 24.8 Å². The molecule has 2 N–H and O–H groups in total. The molecule has 2 heterocycles. The molecule has 0 saturated heterocycles. The van der Waals surface area contributed by atoms with Gasteiger partial charge in [0.15, 0.2) is 0 Å². The summed E-state index contributed by atoms with van der Waals surface area (Å²) in [5, 5.41) is 17.7. The Morgan fingerprint density at radius 3 is 2.76 bits per heavy atom. The van der Waals surface area contributed by atoms with Crippen molar-refractivity contribution in [3.8, 4) is 11.3 Å². The molecular weight excluding hydrogens is 475 g/mol. The number of hydrogen-bond donors (Lipinski definition) is 2. The van der Waals surface area contributed by atoms with Crippen molar-refractivity contribution in [2.75, 3.05) is 26.1 Å². The molecule has 2 aromatic carbocycles. The first kappa shape index (κ1) is 26.2. The van der Waals surface area contributed by atoms with Crippen molar-refractivity contribution in [3.63, 3.8) is 0 Å². The van der Waals surface area contributed by atoms with E-state index < -0.39 is 17.8 Å². The van der Waals surface area contributed by atoms with Gasteiger partial charge in [0.05, 0.1) is 24.9 Å². The summed E-state index contributed by atoms with van der Waals surface area (Å²) in [6.07, 6.45) is 0.917. The van der Waals surface area contributed by atoms with E-state index in [1.807, 2.05) is 38.1 Å². The minimum atomic E-state index is -0.677. The van der Waals surface area contributed by atoms with Crippen LogP contribution in [0.1, 0.15) is 29.2 Å². The van der Waals surface area contributed by atoms with Crippen LogP contribution in [-0.4, -0.2) is 58.5 Å². The van der Waals surface area contributed by atoms with Gasteiger partial charge in [-0.25, -0.2) is 4.39 Å². The summed E-state index contributed by atoms with van der Waals surface area (Å²) in [4.78, 5) is 27.3. The second kappa shape index (κ2) is 11.1. The van der Waals surface area contributed by atoms with E-state index in [9.17, 15) is 19.1 Å². The molecule has 1 aliphatic rings. The fourth-order valence-electron chi connectivity index (χ4n) is 4.43. The van der Waals surface area contributed by atoms with E-state index in [0.717, 1.165) is 16.8 Å². The summed E-state index contributed by atoms with van der Waals surface area (Å²) in [6, 6.07) is 13.6. The Balaban J connectivity index is 1.60. The van der Waals surface area contributed by atoms with Gasteiger partial charge in [-0.3, -0.25) is 14.3 Å². The maximum Gasteiger partial charge on any atom is 0.253 e. The third-order valence-corrected chi connectivity index (χ3v) is 6.50. The third kappa shape index (κ3) is 5.95. The molecule has 3 aromatic rings. The summed E-state index contributed by atoms with van der Waals surface area (Å²) in [7, 11) is 3.14. The SMILES string of the molecule is COC[C@@H](O)Cn1nc(-c2ccc(C)c(NC(=O)C3=CN(C)C(=O)C[C@H]3c3cccc(F)c3)c2)cc1C. The number of aliphatic hydroxyl groups is 1. The van der Waals surface area contributed by atoms with E-state index in [4.69, 9.17) is 4.74 Å². The molecule has 37 heavy (non-hydrogen) atoms. The number of nitrogens with one attached hydrogen (secondary N) is 1. The fourth-order valence-corrected chi connectivity index (χ4v) is 4.43. The molecule has 0 saturated carbocycles. The van der Waals surface area contributed by atoms with Crippen LogP contribution in [0, 0.1) is 19.7 Å². The molecule has 0 unspecified atom stereocenters. The molecule has 9 heteroatoms. The molecule has 0 aliphatic carbocycles. The Kier molecular flexibility index (Phi) is 7.85. The molecule has 0 bridgehead atoms. The standard InChI is InChI=1S/C28H31FN4O4/c1-17-8-9-20(26-10-18(2)33(31-26)14-22(34)16-37-4)12-25(17)30-28(36)24-15-32(3)27(35)13-23(24)19-6-5-7-21(29)11-19/h5-12,15,22-23,34H,13-14,16H2,1-4H3,(H,30,36)/t22-,23-/m0/s1. The number of aryl methyl sites for hydroxylation is 2. The third-order valence-electron chi connectivity index (χ3n) is 6.50. The molecule has 1 aromatic heterocycles. The van der Waals surface area contributed by atoms with Crippen LogP contribution in [0.3, 0.4) is 0 Å². The van der Waals surface area contributed by atoms with E-state index in [0.29, 0.717) is 29.1 Å². The number of hydrogen-bond acceptors (Lipinski definition) is 5. The number of rotatable bonds is 8. The number of methoxy groups -OCH3 is 1. The largest absolute Gasteiger partial charge is 0.389 e. The highest BCUT2D eigenvalue weighted by Gasteiger charge is 2.31. The van der Waals surface area contributed by atoms with Gasteiger partial charge in [-0.05, 0) is 49.2 Å². The summed E-state index contributed by atoms with van der Waals surface area (Å²) < 4.78 is 20.6. The number of nitrogens with zero attached hydrogens (tertiary/aromatic N) is 3. The van der Waals surface area contributed by atoms with E-state index in [2.05, 4.69) is 10.4 Å². The van der Waals surface area contributed by atoms with Crippen LogP contribution in [0.5, 0.6) is 0 Å². The molecule has 2 atom stereocenters. The van der Waals surface area contributed by atoms with Gasteiger partial charge < -0.3 is 20.1 Å². The Morgan fingerprint density at radius 2 is 2.03 bits per heavy atom. The summed E-state index contributed by atoms with van der Waals surface area (Å²) in [6.45, 7) is 4.31. The van der Waals surface area contributed by atoms with Crippen molar-refractivity contribution in [2.24, 2.45) is 0 Å². The van der Waals surface area contributed by atoms with Crippen molar-refractivity contribution < 1.29 is 23.8 Å². The molecular formula is C28H31FN4O4. The average Bonchev–Trinajstić information content (AvgIpc) is 3.21. The second-order valence-corrected chi connectivity index (χ2v) is 9.35. The van der Waals surface area contributed by atoms with Crippen LogP contribution in [0.4, 0.5) is 10.1 Å². The smallest absolute Gasteiger partial charge is 0.253 e. The number of aliphatic hydroxyl groups excluding tert-OH is 1. The van der Waals surface area contributed by atoms with Crippen LogP contribution in [0.2, 0.25) is 0 Å². The number of anilines is 1. The molecule has 4 rings (SSSR count). The fraction of sp³-hybridized carbons (Fsp3) is 0.321. The lowest BCUT2D eigenvalue weighted by Gasteiger charge is -2.28. The molecule has 1 aliphatic heterocycles. The Labute approximate surface area is 215 Å². The predicted molar refractivity (Wildman–Crippen MR) is 138 cm³/mol. The zero-order chi connectivity index (χ0) is 26.7. The number of benzene rings is 2. The van der Waals surface area contributed by atoms with Crippen molar-refractivity contribution in [1.82, 2.24) is 14.7 Å². The highest BCUT2D eigenvalue weighted by Crippen LogP contribution is 2.34. The molecule has 2 amide bonds. The zero-order valence-corrected chi connectivity index (χ0v) is 21.4. The lowest BCUT2D eigenvalue weighted by Crippen LogP contribution is -2.33. The number of ether oxygens (including phenoxy) is 1. The number of carbonyl (C=O) groups excluding carboxylic acids is 2. The van der Waals surface area contributed by atoms with Crippen LogP contribution < -0.4 is 5.32 Å². The number of aromatic nitrogens is 2. The maximum absolute atomic E-state index is 13.9. The normalized spacial score (nSPS) is 16.5. The molecule has 0 radical (unpaired) electrons. The monoisotopic (exact) mass is 506 g/mol. The second-order valence-electron chi connectivity index (χ2n) is 9.35. The highest BCUT2D eigenvalue weighted by atomic mass is 19.1. The first-order valence-electron chi connectivity index (χ1n) is 12.0. The molecule has 0 spiro atoms. The number of carbonyl (C=O) groups is 2. The summed E-state index contributed by atoms with van der Waals surface area (Å²) in [5.74, 6) is -1.49. The Hall–Kier alpha value is -3.82. The van der Waals surface area contributed by atoms with Crippen LogP contribution >= 0.6 is 0 Å². The van der Waals surface area contributed by atoms with Crippen LogP contribution in [0.15, 0.2) is 60.3 Å². The minimum absolute atomic E-state index is 0.0733. The van der Waals surface area contributed by atoms with Crippen molar-refractivity contribution in [3.05, 3.63) is 82.9 Å². The molecule has 194 valence electrons. The van der Waals surface area contributed by atoms with Gasteiger partial charge >= 0.3 is 0 Å². The topological polar surface area (TPSA) is 96.7 Å². The van der Waals surface area contributed by atoms with E-state index in [1.54, 1.807) is 23.9 Å². The Bertz CT molecular complexity index is 1350. The van der Waals surface area contributed by atoms with Gasteiger partial charge in [-0.2, -0.15) is 5.10 Å². The summed E-state index contributed by atoms with van der Waals surface area (Å²) in [5.41, 5.74) is 4.80. The summed E-state index contributed by atoms with van der Waals surface area (Å²) >= 11 is 0. The first-order chi connectivity index (χ1) is 17.7. The zero-order valence-electron chi connectivity index (χ0n) is 21.4. The number of halogens is 1. The lowest BCUT2D eigenvalue weighted by atomic mass is 9.85. The van der Waals surface area contributed by atoms with E-state index in [1.165, 1.54) is 30.3 Å². The van der Waals surface area contributed by atoms with Crippen molar-refractivity contribution in [2.45, 2.75) is 38.8 Å². The van der Waals surface area contributed by atoms with Crippen LogP contribution in [-0.2, 0) is 20.9 Å². The van der Waals surface area contributed by atoms with Crippen molar-refractivity contribution in [1.29, 1.82) is 0 Å². The van der Waals surface area contributed by atoms with Gasteiger partial charge in [0.25, 0.3) is 5.91 Å². The predicted octanol–water partition coefficient (Wildman–Crippen LogP) is 3.78. The lowest BCUT2D eigenvalue weighted by molar-refractivity contribution is -0.128. The van der Waals surface area contributed by atoms with E-state index >= 15 is 0 Å². The quantitative estimate of drug-likeness (QED) is 0.485. The van der Waals surface area contributed by atoms with Gasteiger partial charge in [-0.15, -0.1) is 0 Å². The highest BCUT2D eigenvalue weighted by molar-refractivity contribution is 6.07. The average molecular weight is 507 g/mol. The van der Waals surface area contributed by atoms with Gasteiger partial charge in [-0.1, -0.05) is 24.3 Å². The van der Waals surface area contributed by atoms with Crippen LogP contribution in [0.25, 0.3) is 11.3 Å².